The van der Waals surface area contributed by atoms with E-state index in [1.807, 2.05) is 19.9 Å². The van der Waals surface area contributed by atoms with Crippen molar-refractivity contribution in [3.05, 3.63) is 46.7 Å². The lowest BCUT2D eigenvalue weighted by Gasteiger charge is -2.08. The van der Waals surface area contributed by atoms with Crippen molar-refractivity contribution in [3.8, 4) is 0 Å². The van der Waals surface area contributed by atoms with Gasteiger partial charge < -0.3 is 10.6 Å². The second-order valence-electron chi connectivity index (χ2n) is 4.61. The van der Waals surface area contributed by atoms with Crippen LogP contribution in [0.15, 0.2) is 30.5 Å². The Balaban J connectivity index is 2.10. The predicted octanol–water partition coefficient (Wildman–Crippen LogP) is 3.51. The molecule has 0 spiro atoms. The second kappa shape index (κ2) is 7.04. The van der Waals surface area contributed by atoms with Crippen molar-refractivity contribution >= 4 is 29.1 Å². The number of aryl methyl sites for hydroxylation is 1. The summed E-state index contributed by atoms with van der Waals surface area (Å²) in [5, 5.41) is 6.43. The van der Waals surface area contributed by atoms with Gasteiger partial charge in [0.2, 0.25) is 5.95 Å². The summed E-state index contributed by atoms with van der Waals surface area (Å²) in [6.45, 7) is 4.72. The van der Waals surface area contributed by atoms with Crippen LogP contribution < -0.4 is 10.6 Å². The van der Waals surface area contributed by atoms with Gasteiger partial charge in [-0.05, 0) is 37.1 Å². The zero-order valence-corrected chi connectivity index (χ0v) is 12.7. The van der Waals surface area contributed by atoms with Gasteiger partial charge in [-0.15, -0.1) is 0 Å². The molecule has 110 valence electrons. The zero-order valence-electron chi connectivity index (χ0n) is 12.0. The van der Waals surface area contributed by atoms with Crippen LogP contribution in [0.2, 0.25) is 5.02 Å². The lowest BCUT2D eigenvalue weighted by Crippen LogP contribution is -2.15. The number of anilines is 2. The van der Waals surface area contributed by atoms with Crippen LogP contribution in [0.1, 0.15) is 29.4 Å². The van der Waals surface area contributed by atoms with Crippen LogP contribution in [-0.2, 0) is 0 Å². The molecule has 2 rings (SSSR count). The molecule has 1 amide bonds. The fourth-order valence-corrected chi connectivity index (χ4v) is 1.85. The van der Waals surface area contributed by atoms with Gasteiger partial charge in [0.05, 0.1) is 0 Å². The quantitative estimate of drug-likeness (QED) is 0.887. The molecule has 1 aromatic carbocycles. The summed E-state index contributed by atoms with van der Waals surface area (Å²) in [5.41, 5.74) is 1.90. The maximum atomic E-state index is 12.2. The summed E-state index contributed by atoms with van der Waals surface area (Å²) in [5.74, 6) is 0.156. The SMILES string of the molecule is CCCNc1nccc(C(=O)Nc2ccc(C)c(Cl)c2)n1. The molecule has 0 aliphatic carbocycles. The second-order valence-corrected chi connectivity index (χ2v) is 5.02. The largest absolute Gasteiger partial charge is 0.354 e. The predicted molar refractivity (Wildman–Crippen MR) is 85.0 cm³/mol. The third-order valence-corrected chi connectivity index (χ3v) is 3.26. The molecular weight excluding hydrogens is 288 g/mol. The number of benzene rings is 1. The standard InChI is InChI=1S/C15H17ClN4O/c1-3-7-17-15-18-8-6-13(20-15)14(21)19-11-5-4-10(2)12(16)9-11/h4-6,8-9H,3,7H2,1-2H3,(H,19,21)(H,17,18,20). The number of carbonyl (C=O) groups is 1. The van der Waals surface area contributed by atoms with E-state index in [0.29, 0.717) is 22.4 Å². The summed E-state index contributed by atoms with van der Waals surface area (Å²) in [6, 6.07) is 6.94. The molecule has 0 fully saturated rings. The summed E-state index contributed by atoms with van der Waals surface area (Å²) < 4.78 is 0. The Morgan fingerprint density at radius 2 is 2.14 bits per heavy atom. The van der Waals surface area contributed by atoms with Gasteiger partial charge in [0.15, 0.2) is 0 Å². The maximum Gasteiger partial charge on any atom is 0.274 e. The molecule has 1 aromatic heterocycles. The van der Waals surface area contributed by atoms with Crippen molar-refractivity contribution in [1.82, 2.24) is 9.97 Å². The van der Waals surface area contributed by atoms with Crippen LogP contribution >= 0.6 is 11.6 Å². The minimum atomic E-state index is -0.295. The van der Waals surface area contributed by atoms with Crippen LogP contribution in [0, 0.1) is 6.92 Å². The van der Waals surface area contributed by atoms with Gasteiger partial charge in [-0.25, -0.2) is 9.97 Å². The van der Waals surface area contributed by atoms with E-state index in [2.05, 4.69) is 20.6 Å². The highest BCUT2D eigenvalue weighted by Crippen LogP contribution is 2.20. The van der Waals surface area contributed by atoms with Crippen molar-refractivity contribution in [2.24, 2.45) is 0 Å². The Morgan fingerprint density at radius 3 is 2.86 bits per heavy atom. The molecule has 0 bridgehead atoms. The minimum absolute atomic E-state index is 0.295. The summed E-state index contributed by atoms with van der Waals surface area (Å²) in [6.07, 6.45) is 2.52. The van der Waals surface area contributed by atoms with Gasteiger partial charge in [-0.1, -0.05) is 24.6 Å². The van der Waals surface area contributed by atoms with Crippen molar-refractivity contribution in [3.63, 3.8) is 0 Å². The van der Waals surface area contributed by atoms with E-state index in [-0.39, 0.29) is 5.91 Å². The molecular formula is C15H17ClN4O. The Morgan fingerprint density at radius 1 is 1.33 bits per heavy atom. The Labute approximate surface area is 128 Å². The molecule has 0 saturated heterocycles. The molecule has 1 heterocycles. The van der Waals surface area contributed by atoms with Gasteiger partial charge in [-0.2, -0.15) is 0 Å². The molecule has 0 unspecified atom stereocenters. The average molecular weight is 305 g/mol. The van der Waals surface area contributed by atoms with Crippen molar-refractivity contribution < 1.29 is 4.79 Å². The van der Waals surface area contributed by atoms with Crippen LogP contribution in [0.3, 0.4) is 0 Å². The lowest BCUT2D eigenvalue weighted by molar-refractivity contribution is 0.102. The molecule has 0 aliphatic heterocycles. The average Bonchev–Trinajstić information content (AvgIpc) is 2.49. The summed E-state index contributed by atoms with van der Waals surface area (Å²) >= 11 is 6.04. The highest BCUT2D eigenvalue weighted by Gasteiger charge is 2.09. The molecule has 0 saturated carbocycles. The first-order valence-electron chi connectivity index (χ1n) is 6.74. The number of carbonyl (C=O) groups excluding carboxylic acids is 1. The van der Waals surface area contributed by atoms with Gasteiger partial charge >= 0.3 is 0 Å². The van der Waals surface area contributed by atoms with Gasteiger partial charge in [-0.3, -0.25) is 4.79 Å². The van der Waals surface area contributed by atoms with Crippen molar-refractivity contribution in [2.45, 2.75) is 20.3 Å². The van der Waals surface area contributed by atoms with E-state index in [0.717, 1.165) is 18.5 Å². The number of halogens is 1. The highest BCUT2D eigenvalue weighted by atomic mass is 35.5. The Hall–Kier alpha value is -2.14. The van der Waals surface area contributed by atoms with Crippen LogP contribution in [0.5, 0.6) is 0 Å². The highest BCUT2D eigenvalue weighted by molar-refractivity contribution is 6.31. The zero-order chi connectivity index (χ0) is 15.2. The third kappa shape index (κ3) is 4.16. The number of hydrogen-bond donors (Lipinski definition) is 2. The van der Waals surface area contributed by atoms with E-state index in [9.17, 15) is 4.79 Å². The molecule has 0 radical (unpaired) electrons. The minimum Gasteiger partial charge on any atom is -0.354 e. The first-order chi connectivity index (χ1) is 10.1. The fraction of sp³-hybridized carbons (Fsp3) is 0.267. The smallest absolute Gasteiger partial charge is 0.274 e. The van der Waals surface area contributed by atoms with E-state index in [1.165, 1.54) is 0 Å². The molecule has 2 aromatic rings. The van der Waals surface area contributed by atoms with E-state index in [1.54, 1.807) is 24.4 Å². The maximum absolute atomic E-state index is 12.2. The number of amides is 1. The van der Waals surface area contributed by atoms with E-state index >= 15 is 0 Å². The Kier molecular flexibility index (Phi) is 5.11. The van der Waals surface area contributed by atoms with E-state index in [4.69, 9.17) is 11.6 Å². The Bertz CT molecular complexity index is 645. The van der Waals surface area contributed by atoms with Crippen LogP contribution in [-0.4, -0.2) is 22.4 Å². The number of rotatable bonds is 5. The monoisotopic (exact) mass is 304 g/mol. The fourth-order valence-electron chi connectivity index (χ4n) is 1.67. The van der Waals surface area contributed by atoms with Crippen molar-refractivity contribution in [1.29, 1.82) is 0 Å². The van der Waals surface area contributed by atoms with Gasteiger partial charge in [0.25, 0.3) is 5.91 Å². The topological polar surface area (TPSA) is 66.9 Å². The molecule has 21 heavy (non-hydrogen) atoms. The molecule has 0 aliphatic rings. The molecule has 0 atom stereocenters. The normalized spacial score (nSPS) is 10.2. The van der Waals surface area contributed by atoms with Gasteiger partial charge in [0, 0.05) is 23.5 Å². The van der Waals surface area contributed by atoms with Crippen LogP contribution in [0.25, 0.3) is 0 Å². The number of aromatic nitrogens is 2. The van der Waals surface area contributed by atoms with E-state index < -0.39 is 0 Å². The first kappa shape index (κ1) is 15.3. The first-order valence-corrected chi connectivity index (χ1v) is 7.12. The van der Waals surface area contributed by atoms with Crippen molar-refractivity contribution in [2.75, 3.05) is 17.2 Å². The summed E-state index contributed by atoms with van der Waals surface area (Å²) in [7, 11) is 0. The lowest BCUT2D eigenvalue weighted by atomic mass is 10.2. The molecule has 2 N–H and O–H groups in total. The molecule has 5 nitrogen and oxygen atoms in total. The van der Waals surface area contributed by atoms with Crippen LogP contribution in [0.4, 0.5) is 11.6 Å². The third-order valence-electron chi connectivity index (χ3n) is 2.85. The number of hydrogen-bond acceptors (Lipinski definition) is 4. The number of nitrogens with zero attached hydrogens (tertiary/aromatic N) is 2. The summed E-state index contributed by atoms with van der Waals surface area (Å²) in [4.78, 5) is 20.4. The van der Waals surface area contributed by atoms with Gasteiger partial charge in [0.1, 0.15) is 5.69 Å². The number of nitrogens with one attached hydrogen (secondary N) is 2. The molecule has 6 heteroatoms.